The van der Waals surface area contributed by atoms with Crippen LogP contribution in [-0.4, -0.2) is 15.1 Å². The van der Waals surface area contributed by atoms with Gasteiger partial charge in [-0.3, -0.25) is 9.97 Å². The first-order valence-electron chi connectivity index (χ1n) is 7.07. The highest BCUT2D eigenvalue weighted by molar-refractivity contribution is 5.84. The Morgan fingerprint density at radius 3 is 2.45 bits per heavy atom. The third-order valence-corrected chi connectivity index (χ3v) is 3.59. The number of hydrogen-bond acceptors (Lipinski definition) is 4. The maximum absolute atomic E-state index is 10.1. The molecule has 22 heavy (non-hydrogen) atoms. The fraction of sp³-hybridized carbons (Fsp3) is 0.167. The molecule has 0 saturated heterocycles. The van der Waals surface area contributed by atoms with Crippen LogP contribution in [-0.2, 0) is 0 Å². The normalized spacial score (nSPS) is 10.8. The summed E-state index contributed by atoms with van der Waals surface area (Å²) in [5, 5.41) is 20.0. The highest BCUT2D eigenvalue weighted by Crippen LogP contribution is 2.29. The zero-order valence-corrected chi connectivity index (χ0v) is 12.4. The lowest BCUT2D eigenvalue weighted by Gasteiger charge is -2.09. The minimum atomic E-state index is 0.168. The quantitative estimate of drug-likeness (QED) is 0.774. The molecule has 4 heteroatoms. The number of nitriles is 1. The van der Waals surface area contributed by atoms with Crippen LogP contribution >= 0.6 is 0 Å². The average molecular weight is 289 g/mol. The molecule has 0 atom stereocenters. The summed E-state index contributed by atoms with van der Waals surface area (Å²) in [6.07, 6.45) is 3.49. The molecule has 0 aliphatic carbocycles. The van der Waals surface area contributed by atoms with E-state index >= 15 is 0 Å². The van der Waals surface area contributed by atoms with Crippen molar-refractivity contribution in [1.82, 2.24) is 9.97 Å². The van der Waals surface area contributed by atoms with Crippen LogP contribution < -0.4 is 0 Å². The van der Waals surface area contributed by atoms with Gasteiger partial charge in [0.2, 0.25) is 0 Å². The molecule has 2 heterocycles. The molecule has 1 N–H and O–H groups in total. The van der Waals surface area contributed by atoms with Crippen LogP contribution in [0.2, 0.25) is 0 Å². The molecule has 0 saturated carbocycles. The summed E-state index contributed by atoms with van der Waals surface area (Å²) in [4.78, 5) is 8.74. The second-order valence-electron chi connectivity index (χ2n) is 5.53. The van der Waals surface area contributed by atoms with Crippen LogP contribution in [0.4, 0.5) is 0 Å². The van der Waals surface area contributed by atoms with Crippen molar-refractivity contribution in [1.29, 1.82) is 5.26 Å². The lowest BCUT2D eigenvalue weighted by atomic mass is 10.0. The fourth-order valence-electron chi connectivity index (χ4n) is 2.43. The van der Waals surface area contributed by atoms with Gasteiger partial charge in [0.25, 0.3) is 0 Å². The molecule has 3 aromatic rings. The SMILES string of the molecule is CC(C)c1ncc(-c2cnc3ccc(C#N)cc3c2)cc1O. The van der Waals surface area contributed by atoms with Crippen molar-refractivity contribution >= 4 is 10.9 Å². The van der Waals surface area contributed by atoms with Crippen molar-refractivity contribution in [2.45, 2.75) is 19.8 Å². The molecule has 0 radical (unpaired) electrons. The minimum Gasteiger partial charge on any atom is -0.506 e. The Balaban J connectivity index is 2.10. The van der Waals surface area contributed by atoms with Crippen LogP contribution in [0.1, 0.15) is 31.0 Å². The fourth-order valence-corrected chi connectivity index (χ4v) is 2.43. The van der Waals surface area contributed by atoms with Crippen molar-refractivity contribution in [2.24, 2.45) is 0 Å². The van der Waals surface area contributed by atoms with Crippen LogP contribution in [0.25, 0.3) is 22.0 Å². The van der Waals surface area contributed by atoms with Crippen molar-refractivity contribution in [3.8, 4) is 22.9 Å². The topological polar surface area (TPSA) is 69.8 Å². The smallest absolute Gasteiger partial charge is 0.137 e. The number of fused-ring (bicyclic) bond motifs is 1. The van der Waals surface area contributed by atoms with E-state index in [2.05, 4.69) is 16.0 Å². The number of nitrogens with zero attached hydrogens (tertiary/aromatic N) is 3. The summed E-state index contributed by atoms with van der Waals surface area (Å²) >= 11 is 0. The Morgan fingerprint density at radius 2 is 1.77 bits per heavy atom. The molecule has 1 aromatic carbocycles. The van der Waals surface area contributed by atoms with Gasteiger partial charge in [-0.05, 0) is 36.2 Å². The molecule has 0 spiro atoms. The second kappa shape index (κ2) is 5.45. The van der Waals surface area contributed by atoms with Crippen molar-refractivity contribution in [3.05, 3.63) is 54.0 Å². The van der Waals surface area contributed by atoms with Gasteiger partial charge in [0.15, 0.2) is 0 Å². The summed E-state index contributed by atoms with van der Waals surface area (Å²) < 4.78 is 0. The van der Waals surface area contributed by atoms with E-state index in [1.165, 1.54) is 0 Å². The first-order chi connectivity index (χ1) is 10.6. The third-order valence-electron chi connectivity index (χ3n) is 3.59. The minimum absolute atomic E-state index is 0.168. The van der Waals surface area contributed by atoms with Crippen molar-refractivity contribution < 1.29 is 5.11 Å². The third kappa shape index (κ3) is 2.49. The van der Waals surface area contributed by atoms with E-state index in [0.717, 1.165) is 22.0 Å². The molecule has 0 bridgehead atoms. The van der Waals surface area contributed by atoms with Gasteiger partial charge < -0.3 is 5.11 Å². The van der Waals surface area contributed by atoms with Gasteiger partial charge in [0, 0.05) is 28.9 Å². The monoisotopic (exact) mass is 289 g/mol. The summed E-state index contributed by atoms with van der Waals surface area (Å²) in [7, 11) is 0. The molecule has 0 unspecified atom stereocenters. The standard InChI is InChI=1S/C18H15N3O/c1-11(2)18-17(22)7-15(10-21-18)14-6-13-5-12(8-19)3-4-16(13)20-9-14/h3-7,9-11,22H,1-2H3. The van der Waals surface area contributed by atoms with Gasteiger partial charge in [-0.15, -0.1) is 0 Å². The lowest BCUT2D eigenvalue weighted by Crippen LogP contribution is -1.94. The predicted molar refractivity (Wildman–Crippen MR) is 85.4 cm³/mol. The predicted octanol–water partition coefficient (Wildman–Crippen LogP) is 4.00. The maximum Gasteiger partial charge on any atom is 0.137 e. The zero-order valence-electron chi connectivity index (χ0n) is 12.4. The zero-order chi connectivity index (χ0) is 15.7. The second-order valence-corrected chi connectivity index (χ2v) is 5.53. The van der Waals surface area contributed by atoms with E-state index < -0.39 is 0 Å². The van der Waals surface area contributed by atoms with Gasteiger partial charge >= 0.3 is 0 Å². The Hall–Kier alpha value is -2.93. The molecule has 3 rings (SSSR count). The molecule has 0 amide bonds. The van der Waals surface area contributed by atoms with Crippen molar-refractivity contribution in [2.75, 3.05) is 0 Å². The van der Waals surface area contributed by atoms with Crippen LogP contribution in [0, 0.1) is 11.3 Å². The summed E-state index contributed by atoms with van der Waals surface area (Å²) in [5.74, 6) is 0.361. The van der Waals surface area contributed by atoms with E-state index in [9.17, 15) is 5.11 Å². The number of aromatic nitrogens is 2. The highest BCUT2D eigenvalue weighted by atomic mass is 16.3. The Morgan fingerprint density at radius 1 is 1.05 bits per heavy atom. The largest absolute Gasteiger partial charge is 0.506 e. The molecule has 2 aromatic heterocycles. The molecule has 108 valence electrons. The number of rotatable bonds is 2. The first-order valence-corrected chi connectivity index (χ1v) is 7.07. The maximum atomic E-state index is 10.1. The van der Waals surface area contributed by atoms with Crippen LogP contribution in [0.15, 0.2) is 42.7 Å². The van der Waals surface area contributed by atoms with Gasteiger partial charge in [0.05, 0.1) is 22.8 Å². The lowest BCUT2D eigenvalue weighted by molar-refractivity contribution is 0.460. The van der Waals surface area contributed by atoms with Crippen LogP contribution in [0.5, 0.6) is 5.75 Å². The summed E-state index contributed by atoms with van der Waals surface area (Å²) in [5.41, 5.74) is 3.78. The summed E-state index contributed by atoms with van der Waals surface area (Å²) in [6, 6.07) is 11.2. The van der Waals surface area contributed by atoms with E-state index in [4.69, 9.17) is 5.26 Å². The van der Waals surface area contributed by atoms with E-state index in [-0.39, 0.29) is 11.7 Å². The van der Waals surface area contributed by atoms with E-state index in [1.54, 1.807) is 24.5 Å². The Labute approximate surface area is 128 Å². The number of aromatic hydroxyl groups is 1. The number of benzene rings is 1. The summed E-state index contributed by atoms with van der Waals surface area (Å²) in [6.45, 7) is 3.98. The van der Waals surface area contributed by atoms with E-state index in [0.29, 0.717) is 11.3 Å². The molecule has 0 aliphatic heterocycles. The highest BCUT2D eigenvalue weighted by Gasteiger charge is 2.10. The Kier molecular flexibility index (Phi) is 3.48. The van der Waals surface area contributed by atoms with Crippen LogP contribution in [0.3, 0.4) is 0 Å². The molecule has 4 nitrogen and oxygen atoms in total. The molecule has 0 aliphatic rings. The number of hydrogen-bond donors (Lipinski definition) is 1. The van der Waals surface area contributed by atoms with Crippen molar-refractivity contribution in [3.63, 3.8) is 0 Å². The molecular formula is C18H15N3O. The van der Waals surface area contributed by atoms with Gasteiger partial charge in [-0.1, -0.05) is 13.8 Å². The molecule has 0 fully saturated rings. The van der Waals surface area contributed by atoms with E-state index in [1.807, 2.05) is 32.0 Å². The first kappa shape index (κ1) is 14.0. The Bertz CT molecular complexity index is 894. The van der Waals surface area contributed by atoms with Gasteiger partial charge in [-0.2, -0.15) is 5.26 Å². The average Bonchev–Trinajstić information content (AvgIpc) is 2.53. The molecular weight excluding hydrogens is 274 g/mol. The van der Waals surface area contributed by atoms with Gasteiger partial charge in [-0.25, -0.2) is 0 Å². The number of pyridine rings is 2. The van der Waals surface area contributed by atoms with Gasteiger partial charge in [0.1, 0.15) is 5.75 Å².